The van der Waals surface area contributed by atoms with Crippen LogP contribution in [0.25, 0.3) is 0 Å². The molecule has 2 aromatic carbocycles. The first-order valence-electron chi connectivity index (χ1n) is 13.8. The third-order valence-corrected chi connectivity index (χ3v) is 8.03. The van der Waals surface area contributed by atoms with E-state index in [9.17, 15) is 18.0 Å². The van der Waals surface area contributed by atoms with E-state index in [-0.39, 0.29) is 35.3 Å². The number of likely N-dealkylation sites (tertiary alicyclic amines) is 1. The van der Waals surface area contributed by atoms with Crippen LogP contribution in [0.4, 0.5) is 10.5 Å². The van der Waals surface area contributed by atoms with Crippen LogP contribution in [0, 0.1) is 5.92 Å². The van der Waals surface area contributed by atoms with E-state index in [1.54, 1.807) is 0 Å². The number of hydrogen-bond donors (Lipinski definition) is 3. The number of nitrogens with two attached hydrogens (primary N) is 1. The van der Waals surface area contributed by atoms with E-state index in [1.165, 1.54) is 24.3 Å². The van der Waals surface area contributed by atoms with Crippen molar-refractivity contribution in [3.63, 3.8) is 0 Å². The minimum absolute atomic E-state index is 0. The van der Waals surface area contributed by atoms with E-state index in [4.69, 9.17) is 5.14 Å². The van der Waals surface area contributed by atoms with Crippen molar-refractivity contribution in [1.82, 2.24) is 15.1 Å². The van der Waals surface area contributed by atoms with Crippen molar-refractivity contribution in [2.24, 2.45) is 11.1 Å². The molecule has 3 amide bonds. The number of rotatable bonds is 11. The molecule has 1 heterocycles. The predicted octanol–water partition coefficient (Wildman–Crippen LogP) is 4.48. The zero-order valence-corrected chi connectivity index (χ0v) is 25.6. The average Bonchev–Trinajstić information content (AvgIpc) is 2.88. The molecule has 222 valence electrons. The second kappa shape index (κ2) is 15.4. The van der Waals surface area contributed by atoms with Gasteiger partial charge in [-0.2, -0.15) is 0 Å². The second-order valence-electron chi connectivity index (χ2n) is 10.8. The Morgan fingerprint density at radius 3 is 2.30 bits per heavy atom. The number of benzene rings is 2. The number of halogens is 1. The fourth-order valence-electron chi connectivity index (χ4n) is 5.01. The predicted molar refractivity (Wildman–Crippen MR) is 162 cm³/mol. The molecule has 11 heteroatoms. The molecule has 4 N–H and O–H groups in total. The number of urea groups is 1. The number of amides is 3. The highest BCUT2D eigenvalue weighted by Gasteiger charge is 2.26. The van der Waals surface area contributed by atoms with Crippen LogP contribution in [0.15, 0.2) is 53.4 Å². The van der Waals surface area contributed by atoms with Crippen LogP contribution in [0.1, 0.15) is 62.9 Å². The number of anilines is 1. The van der Waals surface area contributed by atoms with E-state index in [0.717, 1.165) is 57.4 Å². The van der Waals surface area contributed by atoms with Gasteiger partial charge in [0, 0.05) is 43.0 Å². The molecule has 1 aliphatic heterocycles. The summed E-state index contributed by atoms with van der Waals surface area (Å²) < 4.78 is 22.9. The SMILES string of the molecule is CCCN(CC1CCN(C(=O)NC(C)C)CC1)C(C)Cc1cccc(NC(=O)c2ccc(S(N)(=O)=O)cc2)c1.Cl. The maximum Gasteiger partial charge on any atom is 0.317 e. The first-order valence-corrected chi connectivity index (χ1v) is 15.3. The Morgan fingerprint density at radius 1 is 1.07 bits per heavy atom. The largest absolute Gasteiger partial charge is 0.336 e. The van der Waals surface area contributed by atoms with E-state index in [0.29, 0.717) is 23.2 Å². The highest BCUT2D eigenvalue weighted by Crippen LogP contribution is 2.22. The third kappa shape index (κ3) is 10.1. The first kappa shape index (κ1) is 33.5. The van der Waals surface area contributed by atoms with E-state index in [2.05, 4.69) is 35.4 Å². The number of carbonyl (C=O) groups excluding carboxylic acids is 2. The van der Waals surface area contributed by atoms with Crippen LogP contribution in [0.5, 0.6) is 0 Å². The van der Waals surface area contributed by atoms with Gasteiger partial charge in [-0.1, -0.05) is 19.1 Å². The van der Waals surface area contributed by atoms with Gasteiger partial charge in [-0.25, -0.2) is 18.4 Å². The number of piperidine rings is 1. The summed E-state index contributed by atoms with van der Waals surface area (Å²) >= 11 is 0. The molecule has 0 aliphatic carbocycles. The van der Waals surface area contributed by atoms with Crippen LogP contribution in [0.3, 0.4) is 0 Å². The molecule has 1 unspecified atom stereocenters. The summed E-state index contributed by atoms with van der Waals surface area (Å²) in [6.45, 7) is 12.0. The van der Waals surface area contributed by atoms with Crippen LogP contribution in [-0.4, -0.2) is 68.4 Å². The molecule has 1 fully saturated rings. The lowest BCUT2D eigenvalue weighted by Crippen LogP contribution is -2.48. The summed E-state index contributed by atoms with van der Waals surface area (Å²) in [5.41, 5.74) is 2.17. The lowest BCUT2D eigenvalue weighted by atomic mass is 9.95. The van der Waals surface area contributed by atoms with E-state index < -0.39 is 10.0 Å². The summed E-state index contributed by atoms with van der Waals surface area (Å²) in [7, 11) is -3.81. The zero-order chi connectivity index (χ0) is 28.6. The van der Waals surface area contributed by atoms with Gasteiger partial charge in [0.05, 0.1) is 4.90 Å². The fourth-order valence-corrected chi connectivity index (χ4v) is 5.53. The summed E-state index contributed by atoms with van der Waals surface area (Å²) in [4.78, 5) is 29.5. The monoisotopic (exact) mass is 593 g/mol. The Labute approximate surface area is 245 Å². The molecule has 0 spiro atoms. The van der Waals surface area contributed by atoms with Crippen molar-refractivity contribution in [2.45, 2.75) is 70.4 Å². The molecule has 3 rings (SSSR count). The summed E-state index contributed by atoms with van der Waals surface area (Å²) in [6, 6.07) is 13.9. The van der Waals surface area contributed by atoms with Crippen molar-refractivity contribution < 1.29 is 18.0 Å². The van der Waals surface area contributed by atoms with Gasteiger partial charge in [-0.05, 0) is 101 Å². The lowest BCUT2D eigenvalue weighted by Gasteiger charge is -2.37. The third-order valence-electron chi connectivity index (χ3n) is 7.10. The maximum absolute atomic E-state index is 12.7. The normalized spacial score (nSPS) is 15.0. The number of nitrogens with one attached hydrogen (secondary N) is 2. The smallest absolute Gasteiger partial charge is 0.317 e. The van der Waals surface area contributed by atoms with E-state index in [1.807, 2.05) is 36.9 Å². The fraction of sp³-hybridized carbons (Fsp3) is 0.517. The molecule has 1 atom stereocenters. The van der Waals surface area contributed by atoms with E-state index >= 15 is 0 Å². The Hall–Kier alpha value is -2.66. The summed E-state index contributed by atoms with van der Waals surface area (Å²) in [5.74, 6) is 0.246. The molecule has 1 aliphatic rings. The van der Waals surface area contributed by atoms with Gasteiger partial charge in [0.15, 0.2) is 0 Å². The second-order valence-corrected chi connectivity index (χ2v) is 12.4. The standard InChI is InChI=1S/C29H43N5O4S.ClH/c1-5-15-34(20-23-13-16-33(17-14-23)29(36)31-21(2)3)22(4)18-24-7-6-8-26(19-24)32-28(35)25-9-11-27(12-10-25)39(30,37)38;/h6-12,19,21-23H,5,13-18,20H2,1-4H3,(H,31,36)(H,32,35)(H2,30,37,38);1H. The maximum atomic E-state index is 12.7. The molecular weight excluding hydrogens is 550 g/mol. The van der Waals surface area contributed by atoms with Gasteiger partial charge in [0.1, 0.15) is 0 Å². The van der Waals surface area contributed by atoms with Gasteiger partial charge in [0.2, 0.25) is 10.0 Å². The molecule has 1 saturated heterocycles. The molecule has 9 nitrogen and oxygen atoms in total. The molecule has 0 bridgehead atoms. The Balaban J connectivity index is 0.00000560. The number of carbonyl (C=O) groups is 2. The summed E-state index contributed by atoms with van der Waals surface area (Å²) in [5, 5.41) is 11.0. The Kier molecular flexibility index (Phi) is 12.9. The quantitative estimate of drug-likeness (QED) is 0.354. The number of primary sulfonamides is 1. The highest BCUT2D eigenvalue weighted by molar-refractivity contribution is 7.89. The van der Waals surface area contributed by atoms with Gasteiger partial charge in [0.25, 0.3) is 5.91 Å². The lowest BCUT2D eigenvalue weighted by molar-refractivity contribution is 0.102. The topological polar surface area (TPSA) is 125 Å². The van der Waals surface area contributed by atoms with Gasteiger partial charge < -0.3 is 20.4 Å². The van der Waals surface area contributed by atoms with Crippen molar-refractivity contribution in [1.29, 1.82) is 0 Å². The Bertz CT molecular complexity index is 1220. The minimum atomic E-state index is -3.81. The number of hydrogen-bond acceptors (Lipinski definition) is 5. The number of nitrogens with zero attached hydrogens (tertiary/aromatic N) is 2. The molecule has 2 aromatic rings. The number of sulfonamides is 1. The summed E-state index contributed by atoms with van der Waals surface area (Å²) in [6.07, 6.45) is 3.94. The zero-order valence-electron chi connectivity index (χ0n) is 23.9. The molecule has 0 aromatic heterocycles. The van der Waals surface area contributed by atoms with Gasteiger partial charge in [-0.15, -0.1) is 12.4 Å². The van der Waals surface area contributed by atoms with Crippen LogP contribution in [0.2, 0.25) is 0 Å². The Morgan fingerprint density at radius 2 is 1.73 bits per heavy atom. The first-order chi connectivity index (χ1) is 18.5. The van der Waals surface area contributed by atoms with Crippen LogP contribution in [-0.2, 0) is 16.4 Å². The van der Waals surface area contributed by atoms with Gasteiger partial charge >= 0.3 is 6.03 Å². The van der Waals surface area contributed by atoms with Crippen LogP contribution >= 0.6 is 12.4 Å². The van der Waals surface area contributed by atoms with Crippen molar-refractivity contribution in [2.75, 3.05) is 31.5 Å². The van der Waals surface area contributed by atoms with Crippen LogP contribution < -0.4 is 15.8 Å². The average molecular weight is 594 g/mol. The van der Waals surface area contributed by atoms with Crippen molar-refractivity contribution in [3.8, 4) is 0 Å². The molecule has 0 saturated carbocycles. The molecule has 0 radical (unpaired) electrons. The van der Waals surface area contributed by atoms with Crippen molar-refractivity contribution in [3.05, 3.63) is 59.7 Å². The molecular formula is C29H44ClN5O4S. The minimum Gasteiger partial charge on any atom is -0.336 e. The molecule has 40 heavy (non-hydrogen) atoms. The van der Waals surface area contributed by atoms with Crippen molar-refractivity contribution >= 4 is 40.1 Å². The highest BCUT2D eigenvalue weighted by atomic mass is 35.5. The van der Waals surface area contributed by atoms with Gasteiger partial charge in [-0.3, -0.25) is 4.79 Å².